The van der Waals surface area contributed by atoms with E-state index in [1.807, 2.05) is 0 Å². The fraction of sp³-hybridized carbons (Fsp3) is 0.294. The van der Waals surface area contributed by atoms with Gasteiger partial charge in [0, 0.05) is 11.6 Å². The Hall–Kier alpha value is -1.17. The van der Waals surface area contributed by atoms with E-state index in [0.717, 1.165) is 6.61 Å². The minimum Gasteiger partial charge on any atom is -0.428 e. The lowest BCUT2D eigenvalue weighted by Crippen LogP contribution is -2.49. The smallest absolute Gasteiger partial charge is 0.148 e. The summed E-state index contributed by atoms with van der Waals surface area (Å²) in [4.78, 5) is 0. The Morgan fingerprint density at radius 2 is 1.50 bits per heavy atom. The maximum Gasteiger partial charge on any atom is 0.148 e. The van der Waals surface area contributed by atoms with Gasteiger partial charge in [0.15, 0.2) is 0 Å². The molecule has 20 heavy (non-hydrogen) atoms. The van der Waals surface area contributed by atoms with Crippen LogP contribution >= 0.6 is 0 Å². The van der Waals surface area contributed by atoms with E-state index in [1.54, 1.807) is 0 Å². The molecule has 0 saturated carbocycles. The van der Waals surface area contributed by atoms with Crippen molar-refractivity contribution in [3.63, 3.8) is 0 Å². The third-order valence-electron chi connectivity index (χ3n) is 4.72. The van der Waals surface area contributed by atoms with Crippen molar-refractivity contribution in [2.45, 2.75) is 24.4 Å². The molecule has 3 rings (SSSR count). The summed E-state index contributed by atoms with van der Waals surface area (Å²) in [5.74, 6) is 0. The van der Waals surface area contributed by atoms with Crippen LogP contribution in [-0.4, -0.2) is 24.2 Å². The summed E-state index contributed by atoms with van der Waals surface area (Å²) in [6.07, 6.45) is 1.26. The Balaban J connectivity index is 2.07. The van der Waals surface area contributed by atoms with Gasteiger partial charge >= 0.3 is 0 Å². The first-order valence-electron chi connectivity index (χ1n) is 7.50. The lowest BCUT2D eigenvalue weighted by atomic mass is 9.92. The van der Waals surface area contributed by atoms with Gasteiger partial charge in [-0.3, -0.25) is 0 Å². The van der Waals surface area contributed by atoms with Crippen LogP contribution in [0.4, 0.5) is 0 Å². The lowest BCUT2D eigenvalue weighted by Gasteiger charge is -2.39. The molecule has 2 aromatic carbocycles. The van der Waals surface area contributed by atoms with Crippen molar-refractivity contribution in [2.24, 2.45) is 0 Å². The van der Waals surface area contributed by atoms with Gasteiger partial charge < -0.3 is 4.43 Å². The maximum absolute atomic E-state index is 5.97. The zero-order valence-corrected chi connectivity index (χ0v) is 14.7. The molecular weight excluding hydrogens is 276 g/mol. The van der Waals surface area contributed by atoms with Crippen LogP contribution in [0, 0.1) is 0 Å². The molecule has 0 amide bonds. The minimum atomic E-state index is -0.893. The molecule has 2 aromatic rings. The van der Waals surface area contributed by atoms with Crippen molar-refractivity contribution in [2.75, 3.05) is 6.61 Å². The van der Waals surface area contributed by atoms with Crippen molar-refractivity contribution < 1.29 is 4.43 Å². The van der Waals surface area contributed by atoms with E-state index in [4.69, 9.17) is 4.43 Å². The number of benzene rings is 2. The Labute approximate surface area is 125 Å². The van der Waals surface area contributed by atoms with Crippen LogP contribution in [0.5, 0.6) is 0 Å². The second-order valence-corrected chi connectivity index (χ2v) is 13.7. The van der Waals surface area contributed by atoms with Gasteiger partial charge in [-0.25, -0.2) is 0 Å². The van der Waals surface area contributed by atoms with E-state index in [1.165, 1.54) is 23.6 Å². The van der Waals surface area contributed by atoms with E-state index >= 15 is 0 Å². The van der Waals surface area contributed by atoms with Gasteiger partial charge in [0.25, 0.3) is 0 Å². The molecule has 1 aliphatic rings. The van der Waals surface area contributed by atoms with Crippen molar-refractivity contribution in [3.05, 3.63) is 71.8 Å². The van der Waals surface area contributed by atoms with Gasteiger partial charge in [-0.05, 0) is 17.5 Å². The van der Waals surface area contributed by atoms with Crippen molar-refractivity contribution in [3.8, 4) is 0 Å². The van der Waals surface area contributed by atoms with Gasteiger partial charge in [0.1, 0.15) is 9.28 Å². The molecule has 0 aromatic heterocycles. The summed E-state index contributed by atoms with van der Waals surface area (Å²) in [5, 5.41) is 0.231. The fourth-order valence-electron chi connectivity index (χ4n) is 3.40. The van der Waals surface area contributed by atoms with Crippen LogP contribution in [0.3, 0.4) is 0 Å². The first-order chi connectivity index (χ1) is 9.82. The van der Waals surface area contributed by atoms with Gasteiger partial charge in [0.2, 0.25) is 0 Å². The average molecular weight is 299 g/mol. The molecule has 1 unspecified atom stereocenters. The van der Waals surface area contributed by atoms with E-state index in [9.17, 15) is 0 Å². The molecular formula is C17H22OSi2. The van der Waals surface area contributed by atoms with Crippen LogP contribution < -0.4 is 0 Å². The molecule has 1 aliphatic heterocycles. The van der Waals surface area contributed by atoms with Crippen LogP contribution in [0.15, 0.2) is 60.7 Å². The zero-order chi connectivity index (χ0) is 13.8. The van der Waals surface area contributed by atoms with Crippen LogP contribution in [0.2, 0.25) is 6.04 Å². The highest BCUT2D eigenvalue weighted by atomic mass is 29.2. The van der Waals surface area contributed by atoms with E-state index < -0.39 is 8.31 Å². The quantitative estimate of drug-likeness (QED) is 0.792. The third-order valence-corrected chi connectivity index (χ3v) is 14.6. The summed E-state index contributed by atoms with van der Waals surface area (Å²) >= 11 is 0. The Kier molecular flexibility index (Phi) is 4.19. The van der Waals surface area contributed by atoms with Gasteiger partial charge in [-0.15, -0.1) is 0 Å². The Morgan fingerprint density at radius 3 is 1.95 bits per heavy atom. The van der Waals surface area contributed by atoms with Crippen molar-refractivity contribution in [1.29, 1.82) is 0 Å². The normalized spacial score (nSPS) is 20.9. The van der Waals surface area contributed by atoms with Crippen LogP contribution in [0.25, 0.3) is 0 Å². The predicted molar refractivity (Wildman–Crippen MR) is 90.4 cm³/mol. The highest BCUT2D eigenvalue weighted by Gasteiger charge is 2.39. The highest BCUT2D eigenvalue weighted by Crippen LogP contribution is 2.36. The summed E-state index contributed by atoms with van der Waals surface area (Å²) in [5.41, 5.74) is 2.97. The highest BCUT2D eigenvalue weighted by molar-refractivity contribution is 7.11. The van der Waals surface area contributed by atoms with Crippen molar-refractivity contribution in [1.82, 2.24) is 0 Å². The maximum atomic E-state index is 5.97. The molecule has 1 saturated heterocycles. The number of hydrogen-bond acceptors (Lipinski definition) is 1. The first kappa shape index (κ1) is 13.8. The van der Waals surface area contributed by atoms with E-state index in [0.29, 0.717) is 0 Å². The molecule has 0 aliphatic carbocycles. The molecule has 1 heterocycles. The summed E-state index contributed by atoms with van der Waals surface area (Å²) in [6.45, 7) is 3.48. The fourth-order valence-corrected chi connectivity index (χ4v) is 12.3. The third kappa shape index (κ3) is 2.53. The summed E-state index contributed by atoms with van der Waals surface area (Å²) in [6, 6.07) is 23.6. The first-order valence-corrected chi connectivity index (χ1v) is 12.7. The molecule has 1 atom stereocenters. The molecule has 0 bridgehead atoms. The minimum absolute atomic E-state index is 0.231. The number of hydrogen-bond donors (Lipinski definition) is 0. The topological polar surface area (TPSA) is 9.23 Å². The second kappa shape index (κ2) is 6.08. The molecule has 0 spiro atoms. The van der Waals surface area contributed by atoms with E-state index in [2.05, 4.69) is 67.6 Å². The summed E-state index contributed by atoms with van der Waals surface area (Å²) in [7, 11) is -1.22. The Bertz CT molecular complexity index is 496. The van der Waals surface area contributed by atoms with Gasteiger partial charge in [-0.2, -0.15) is 0 Å². The molecule has 1 fully saturated rings. The van der Waals surface area contributed by atoms with Gasteiger partial charge in [-0.1, -0.05) is 73.6 Å². The van der Waals surface area contributed by atoms with Gasteiger partial charge in [0.05, 0.1) is 8.31 Å². The molecule has 0 N–H and O–H groups in total. The molecule has 0 radical (unpaired) electrons. The average Bonchev–Trinajstić information content (AvgIpc) is 2.56. The van der Waals surface area contributed by atoms with Crippen LogP contribution in [0.1, 0.15) is 24.5 Å². The standard InChI is InChI=1S/C17H22OSi2/c1-17(15-9-4-2-5-10-15,16-11-6-3-7-12-16)20-14-8-13-18-19-20/h2-7,9-12,20H,8,13-14,19H2,1H3. The summed E-state index contributed by atoms with van der Waals surface area (Å²) < 4.78 is 5.97. The number of rotatable bonds is 3. The lowest BCUT2D eigenvalue weighted by molar-refractivity contribution is 0.333. The monoisotopic (exact) mass is 298 g/mol. The molecule has 1 nitrogen and oxygen atoms in total. The molecule has 3 heteroatoms. The van der Waals surface area contributed by atoms with Crippen LogP contribution in [-0.2, 0) is 9.46 Å². The predicted octanol–water partition coefficient (Wildman–Crippen LogP) is 2.76. The second-order valence-electron chi connectivity index (χ2n) is 5.85. The molecule has 104 valence electrons. The van der Waals surface area contributed by atoms with E-state index in [-0.39, 0.29) is 14.3 Å². The SMILES string of the molecule is CC(c1ccccc1)(c1ccccc1)[SiH]1CCCO[SiH2]1. The zero-order valence-electron chi connectivity index (χ0n) is 12.1. The Morgan fingerprint density at radius 1 is 0.950 bits per heavy atom. The van der Waals surface area contributed by atoms with Crippen molar-refractivity contribution >= 4 is 17.6 Å². The largest absolute Gasteiger partial charge is 0.428 e.